The lowest BCUT2D eigenvalue weighted by atomic mass is 10.0. The molecule has 0 fully saturated rings. The maximum Gasteiger partial charge on any atom is 0.313 e. The first-order valence-electron chi connectivity index (χ1n) is 9.63. The van der Waals surface area contributed by atoms with E-state index < -0.39 is 17.9 Å². The molecule has 0 bridgehead atoms. The van der Waals surface area contributed by atoms with Crippen molar-refractivity contribution < 1.29 is 23.8 Å². The van der Waals surface area contributed by atoms with Gasteiger partial charge in [0.25, 0.3) is 0 Å². The molecule has 7 heteroatoms. The van der Waals surface area contributed by atoms with Crippen LogP contribution >= 0.6 is 0 Å². The van der Waals surface area contributed by atoms with E-state index in [1.165, 1.54) is 18.2 Å². The fourth-order valence-corrected chi connectivity index (χ4v) is 3.34. The maximum absolute atomic E-state index is 13.4. The first-order chi connectivity index (χ1) is 14.4. The van der Waals surface area contributed by atoms with Crippen LogP contribution in [0.3, 0.4) is 0 Å². The number of Topliss-reactive ketones (excluding diaryl/α,β-unsaturated/α-hetero) is 1. The molecule has 0 aliphatic rings. The Bertz CT molecular complexity index is 1090. The molecule has 1 N–H and O–H groups in total. The van der Waals surface area contributed by atoms with Gasteiger partial charge in [0.1, 0.15) is 23.7 Å². The Morgan fingerprint density at radius 2 is 2.00 bits per heavy atom. The number of aliphatic hydroxyl groups is 1. The van der Waals surface area contributed by atoms with Crippen LogP contribution in [0, 0.1) is 5.82 Å². The molecular formula is C23H23FN2O4. The number of nitrogens with zero attached hydrogens (tertiary/aromatic N) is 2. The third-order valence-corrected chi connectivity index (χ3v) is 4.68. The van der Waals surface area contributed by atoms with Crippen LogP contribution in [0.4, 0.5) is 4.39 Å². The van der Waals surface area contributed by atoms with Gasteiger partial charge in [0.2, 0.25) is 0 Å². The number of rotatable bonds is 8. The van der Waals surface area contributed by atoms with Crippen molar-refractivity contribution >= 4 is 28.9 Å². The lowest BCUT2D eigenvalue weighted by molar-refractivity contribution is -0.145. The number of pyridine rings is 1. The summed E-state index contributed by atoms with van der Waals surface area (Å²) < 4.78 is 20.0. The number of aliphatic hydroxyl groups excluding tert-OH is 1. The number of benzene rings is 1. The second-order valence-electron chi connectivity index (χ2n) is 6.85. The highest BCUT2D eigenvalue weighted by Gasteiger charge is 2.17. The number of ether oxygens (including phenoxy) is 1. The topological polar surface area (TPSA) is 81.4 Å². The van der Waals surface area contributed by atoms with Gasteiger partial charge in [-0.3, -0.25) is 9.59 Å². The third-order valence-electron chi connectivity index (χ3n) is 4.68. The molecule has 2 heterocycles. The second kappa shape index (κ2) is 9.45. The Hall–Kier alpha value is -3.32. The summed E-state index contributed by atoms with van der Waals surface area (Å²) in [4.78, 5) is 27.8. The molecule has 1 aromatic carbocycles. The SMILES string of the molecule is CCOC(=O)CC(=O)CC(O)/C=C/c1c(-c2ccc(F)cc2)c2cccnc2n1C. The molecule has 0 spiro atoms. The van der Waals surface area contributed by atoms with E-state index in [9.17, 15) is 19.1 Å². The normalized spacial score (nSPS) is 12.4. The number of esters is 1. The Kier molecular flexibility index (Phi) is 6.74. The van der Waals surface area contributed by atoms with Crippen LogP contribution in [0.5, 0.6) is 0 Å². The standard InChI is InChI=1S/C23H23FN2O4/c1-3-30-21(29)14-18(28)13-17(27)10-11-20-22(15-6-8-16(24)9-7-15)19-5-4-12-25-23(19)26(20)2/h4-12,17,27H,3,13-14H2,1-2H3/b11-10+. The number of carbonyl (C=O) groups is 2. The summed E-state index contributed by atoms with van der Waals surface area (Å²) in [6, 6.07) is 9.91. The number of fused-ring (bicyclic) bond motifs is 1. The minimum absolute atomic E-state index is 0.191. The van der Waals surface area contributed by atoms with Crippen LogP contribution in [0.15, 0.2) is 48.7 Å². The van der Waals surface area contributed by atoms with E-state index >= 15 is 0 Å². The quantitative estimate of drug-likeness (QED) is 0.453. The molecule has 0 aliphatic carbocycles. The summed E-state index contributed by atoms with van der Waals surface area (Å²) in [6.45, 7) is 1.87. The summed E-state index contributed by atoms with van der Waals surface area (Å²) in [6.07, 6.45) is 3.29. The number of aromatic nitrogens is 2. The van der Waals surface area contributed by atoms with Crippen molar-refractivity contribution in [3.05, 3.63) is 60.2 Å². The molecule has 6 nitrogen and oxygen atoms in total. The Morgan fingerprint density at radius 3 is 2.70 bits per heavy atom. The zero-order chi connectivity index (χ0) is 21.7. The van der Waals surface area contributed by atoms with Gasteiger partial charge in [-0.2, -0.15) is 0 Å². The highest BCUT2D eigenvalue weighted by molar-refractivity contribution is 5.99. The molecule has 1 unspecified atom stereocenters. The smallest absolute Gasteiger partial charge is 0.313 e. The largest absolute Gasteiger partial charge is 0.466 e. The number of hydrogen-bond donors (Lipinski definition) is 1. The van der Waals surface area contributed by atoms with Gasteiger partial charge in [0.05, 0.1) is 18.4 Å². The molecular weight excluding hydrogens is 387 g/mol. The lowest BCUT2D eigenvalue weighted by Crippen LogP contribution is -2.16. The Morgan fingerprint density at radius 1 is 1.27 bits per heavy atom. The maximum atomic E-state index is 13.4. The van der Waals surface area contributed by atoms with E-state index in [1.54, 1.807) is 31.3 Å². The summed E-state index contributed by atoms with van der Waals surface area (Å²) >= 11 is 0. The van der Waals surface area contributed by atoms with Gasteiger partial charge in [-0.1, -0.05) is 18.2 Å². The first-order valence-corrected chi connectivity index (χ1v) is 9.63. The minimum atomic E-state index is -1.06. The highest BCUT2D eigenvalue weighted by Crippen LogP contribution is 2.34. The zero-order valence-corrected chi connectivity index (χ0v) is 16.8. The molecule has 0 saturated carbocycles. The molecule has 0 radical (unpaired) electrons. The van der Waals surface area contributed by atoms with E-state index in [0.29, 0.717) is 0 Å². The van der Waals surface area contributed by atoms with Crippen molar-refractivity contribution in [3.8, 4) is 11.1 Å². The van der Waals surface area contributed by atoms with Crippen LogP contribution in [0.1, 0.15) is 25.5 Å². The number of ketones is 1. The van der Waals surface area contributed by atoms with Gasteiger partial charge in [-0.25, -0.2) is 9.37 Å². The van der Waals surface area contributed by atoms with Crippen LogP contribution in [-0.2, 0) is 21.4 Å². The van der Waals surface area contributed by atoms with E-state index in [-0.39, 0.29) is 25.3 Å². The lowest BCUT2D eigenvalue weighted by Gasteiger charge is -2.07. The Balaban J connectivity index is 1.89. The second-order valence-corrected chi connectivity index (χ2v) is 6.85. The van der Waals surface area contributed by atoms with Gasteiger partial charge in [-0.15, -0.1) is 0 Å². The van der Waals surface area contributed by atoms with Crippen LogP contribution in [0.25, 0.3) is 28.2 Å². The molecule has 156 valence electrons. The summed E-state index contributed by atoms with van der Waals surface area (Å²) in [5.41, 5.74) is 3.15. The van der Waals surface area contributed by atoms with Gasteiger partial charge in [0.15, 0.2) is 0 Å². The average molecular weight is 410 g/mol. The zero-order valence-electron chi connectivity index (χ0n) is 16.8. The van der Waals surface area contributed by atoms with Gasteiger partial charge in [0, 0.05) is 30.6 Å². The van der Waals surface area contributed by atoms with E-state index in [2.05, 4.69) is 4.98 Å². The molecule has 3 rings (SSSR count). The van der Waals surface area contributed by atoms with E-state index in [0.717, 1.165) is 27.9 Å². The fourth-order valence-electron chi connectivity index (χ4n) is 3.34. The molecule has 1 atom stereocenters. The van der Waals surface area contributed by atoms with Crippen LogP contribution in [-0.4, -0.2) is 39.1 Å². The predicted octanol–water partition coefficient (Wildman–Crippen LogP) is 3.67. The van der Waals surface area contributed by atoms with Crippen molar-refractivity contribution in [2.24, 2.45) is 7.05 Å². The van der Waals surface area contributed by atoms with Crippen molar-refractivity contribution in [1.29, 1.82) is 0 Å². The molecule has 2 aromatic heterocycles. The van der Waals surface area contributed by atoms with Crippen molar-refractivity contribution in [1.82, 2.24) is 9.55 Å². The number of aryl methyl sites for hydroxylation is 1. The molecule has 0 amide bonds. The molecule has 30 heavy (non-hydrogen) atoms. The number of hydrogen-bond acceptors (Lipinski definition) is 5. The van der Waals surface area contributed by atoms with Gasteiger partial charge < -0.3 is 14.4 Å². The molecule has 3 aromatic rings. The highest BCUT2D eigenvalue weighted by atomic mass is 19.1. The summed E-state index contributed by atoms with van der Waals surface area (Å²) in [7, 11) is 1.85. The number of carbonyl (C=O) groups excluding carboxylic acids is 2. The van der Waals surface area contributed by atoms with Crippen molar-refractivity contribution in [2.75, 3.05) is 6.61 Å². The Labute approximate surface area is 173 Å². The minimum Gasteiger partial charge on any atom is -0.466 e. The third kappa shape index (κ3) is 4.80. The van der Waals surface area contributed by atoms with Gasteiger partial charge >= 0.3 is 5.97 Å². The van der Waals surface area contributed by atoms with Gasteiger partial charge in [-0.05, 0) is 42.8 Å². The predicted molar refractivity (Wildman–Crippen MR) is 112 cm³/mol. The van der Waals surface area contributed by atoms with Crippen LogP contribution in [0.2, 0.25) is 0 Å². The summed E-state index contributed by atoms with van der Waals surface area (Å²) in [5.74, 6) is -1.33. The fraction of sp³-hybridized carbons (Fsp3) is 0.261. The van der Waals surface area contributed by atoms with Crippen molar-refractivity contribution in [3.63, 3.8) is 0 Å². The average Bonchev–Trinajstić information content (AvgIpc) is 2.99. The molecule has 0 saturated heterocycles. The molecule has 0 aliphatic heterocycles. The van der Waals surface area contributed by atoms with Crippen LogP contribution < -0.4 is 0 Å². The van der Waals surface area contributed by atoms with E-state index in [1.807, 2.05) is 23.7 Å². The van der Waals surface area contributed by atoms with Crippen molar-refractivity contribution in [2.45, 2.75) is 25.9 Å². The number of halogens is 1. The monoisotopic (exact) mass is 410 g/mol. The first kappa shape index (κ1) is 21.4. The summed E-state index contributed by atoms with van der Waals surface area (Å²) in [5, 5.41) is 11.1. The van der Waals surface area contributed by atoms with E-state index in [4.69, 9.17) is 4.74 Å².